The van der Waals surface area contributed by atoms with Crippen LogP contribution in [0.3, 0.4) is 0 Å². The van der Waals surface area contributed by atoms with Gasteiger partial charge in [0, 0.05) is 23.3 Å². The highest BCUT2D eigenvalue weighted by Gasteiger charge is 2.16. The van der Waals surface area contributed by atoms with E-state index in [1.165, 1.54) is 12.3 Å². The molecule has 1 aromatic carbocycles. The molecule has 0 fully saturated rings. The summed E-state index contributed by atoms with van der Waals surface area (Å²) in [7, 11) is 0. The Morgan fingerprint density at radius 3 is 2.74 bits per heavy atom. The van der Waals surface area contributed by atoms with E-state index < -0.39 is 5.82 Å². The first kappa shape index (κ1) is 11.5. The maximum Gasteiger partial charge on any atom is 0.196 e. The van der Waals surface area contributed by atoms with Gasteiger partial charge in [0.15, 0.2) is 11.6 Å². The standard InChI is InChI=1S/C15H9FN2O/c16-13-9-17-8-6-12(13)15(19)11-3-1-5-14-10(11)4-2-7-18-14/h1-9H. The first-order valence-corrected chi connectivity index (χ1v) is 5.75. The number of ketones is 1. The minimum atomic E-state index is -0.617. The van der Waals surface area contributed by atoms with Gasteiger partial charge in [0.2, 0.25) is 0 Å². The molecule has 2 heterocycles. The van der Waals surface area contributed by atoms with Crippen LogP contribution in [0.1, 0.15) is 15.9 Å². The van der Waals surface area contributed by atoms with Crippen LogP contribution < -0.4 is 0 Å². The molecule has 2 aromatic heterocycles. The average Bonchev–Trinajstić information content (AvgIpc) is 2.46. The molecule has 0 bridgehead atoms. The number of hydrogen-bond donors (Lipinski definition) is 0. The molecule has 3 nitrogen and oxygen atoms in total. The Hall–Kier alpha value is -2.62. The SMILES string of the molecule is O=C(c1ccncc1F)c1cccc2ncccc12. The van der Waals surface area contributed by atoms with Crippen LogP contribution in [-0.2, 0) is 0 Å². The maximum atomic E-state index is 13.6. The smallest absolute Gasteiger partial charge is 0.196 e. The van der Waals surface area contributed by atoms with Crippen molar-refractivity contribution >= 4 is 16.7 Å². The molecule has 0 aliphatic heterocycles. The maximum absolute atomic E-state index is 13.6. The zero-order valence-corrected chi connectivity index (χ0v) is 9.88. The van der Waals surface area contributed by atoms with Crippen LogP contribution >= 0.6 is 0 Å². The number of aromatic nitrogens is 2. The molecule has 0 N–H and O–H groups in total. The number of fused-ring (bicyclic) bond motifs is 1. The lowest BCUT2D eigenvalue weighted by molar-refractivity contribution is 0.103. The number of benzene rings is 1. The lowest BCUT2D eigenvalue weighted by Crippen LogP contribution is -2.05. The van der Waals surface area contributed by atoms with E-state index in [4.69, 9.17) is 0 Å². The molecule has 19 heavy (non-hydrogen) atoms. The molecular weight excluding hydrogens is 243 g/mol. The van der Waals surface area contributed by atoms with Gasteiger partial charge >= 0.3 is 0 Å². The number of halogens is 1. The number of carbonyl (C=O) groups excluding carboxylic acids is 1. The van der Waals surface area contributed by atoms with Crippen molar-refractivity contribution in [2.45, 2.75) is 0 Å². The van der Waals surface area contributed by atoms with Crippen LogP contribution in [0.2, 0.25) is 0 Å². The summed E-state index contributed by atoms with van der Waals surface area (Å²) in [4.78, 5) is 20.2. The third-order valence-electron chi connectivity index (χ3n) is 2.91. The lowest BCUT2D eigenvalue weighted by Gasteiger charge is -2.05. The fourth-order valence-electron chi connectivity index (χ4n) is 2.01. The van der Waals surface area contributed by atoms with Gasteiger partial charge in [-0.05, 0) is 18.2 Å². The van der Waals surface area contributed by atoms with Gasteiger partial charge in [-0.25, -0.2) is 4.39 Å². The second-order valence-electron chi connectivity index (χ2n) is 4.06. The normalized spacial score (nSPS) is 10.6. The van der Waals surface area contributed by atoms with Crippen LogP contribution in [-0.4, -0.2) is 15.8 Å². The Morgan fingerprint density at radius 1 is 1.00 bits per heavy atom. The number of carbonyl (C=O) groups is 1. The summed E-state index contributed by atoms with van der Waals surface area (Å²) >= 11 is 0. The molecule has 0 saturated heterocycles. The molecule has 0 unspecified atom stereocenters. The van der Waals surface area contributed by atoms with Crippen molar-refractivity contribution in [3.8, 4) is 0 Å². The molecular formula is C15H9FN2O. The van der Waals surface area contributed by atoms with Gasteiger partial charge in [0.25, 0.3) is 0 Å². The van der Waals surface area contributed by atoms with E-state index in [0.29, 0.717) is 16.5 Å². The first-order chi connectivity index (χ1) is 9.27. The quantitative estimate of drug-likeness (QED) is 0.658. The lowest BCUT2D eigenvalue weighted by atomic mass is 10.00. The molecule has 0 saturated carbocycles. The van der Waals surface area contributed by atoms with Crippen molar-refractivity contribution in [1.82, 2.24) is 9.97 Å². The fraction of sp³-hybridized carbons (Fsp3) is 0. The fourth-order valence-corrected chi connectivity index (χ4v) is 2.01. The van der Waals surface area contributed by atoms with E-state index in [-0.39, 0.29) is 11.3 Å². The Bertz CT molecular complexity index is 765. The first-order valence-electron chi connectivity index (χ1n) is 5.75. The van der Waals surface area contributed by atoms with Crippen LogP contribution in [0, 0.1) is 5.82 Å². The van der Waals surface area contributed by atoms with Crippen LogP contribution in [0.15, 0.2) is 55.0 Å². The van der Waals surface area contributed by atoms with Crippen molar-refractivity contribution in [1.29, 1.82) is 0 Å². The molecule has 0 radical (unpaired) electrons. The molecule has 0 spiro atoms. The molecule has 3 rings (SSSR count). The minimum Gasteiger partial charge on any atom is -0.288 e. The van der Waals surface area contributed by atoms with E-state index in [2.05, 4.69) is 9.97 Å². The van der Waals surface area contributed by atoms with Crippen molar-refractivity contribution in [2.24, 2.45) is 0 Å². The van der Waals surface area contributed by atoms with E-state index >= 15 is 0 Å². The largest absolute Gasteiger partial charge is 0.288 e. The highest BCUT2D eigenvalue weighted by molar-refractivity contribution is 6.16. The number of hydrogen-bond acceptors (Lipinski definition) is 3. The monoisotopic (exact) mass is 252 g/mol. The Balaban J connectivity index is 2.20. The van der Waals surface area contributed by atoms with E-state index in [9.17, 15) is 9.18 Å². The topological polar surface area (TPSA) is 42.9 Å². The third-order valence-corrected chi connectivity index (χ3v) is 2.91. The summed E-state index contributed by atoms with van der Waals surface area (Å²) in [5.74, 6) is -0.980. The third kappa shape index (κ3) is 1.97. The molecule has 0 atom stereocenters. The van der Waals surface area contributed by atoms with Gasteiger partial charge in [0.1, 0.15) is 0 Å². The number of nitrogens with zero attached hydrogens (tertiary/aromatic N) is 2. The predicted octanol–water partition coefficient (Wildman–Crippen LogP) is 3.00. The summed E-state index contributed by atoms with van der Waals surface area (Å²) in [5, 5.41) is 0.714. The Labute approximate surface area is 108 Å². The number of rotatable bonds is 2. The van der Waals surface area contributed by atoms with Crippen molar-refractivity contribution < 1.29 is 9.18 Å². The Kier molecular flexibility index (Phi) is 2.76. The molecule has 0 aliphatic rings. The zero-order chi connectivity index (χ0) is 13.2. The molecule has 3 aromatic rings. The molecule has 4 heteroatoms. The summed E-state index contributed by atoms with van der Waals surface area (Å²) in [5.41, 5.74) is 1.17. The summed E-state index contributed by atoms with van der Waals surface area (Å²) in [6.07, 6.45) is 4.10. The van der Waals surface area contributed by atoms with Crippen molar-refractivity contribution in [3.05, 3.63) is 71.9 Å². The van der Waals surface area contributed by atoms with Crippen LogP contribution in [0.5, 0.6) is 0 Å². The van der Waals surface area contributed by atoms with E-state index in [1.54, 1.807) is 30.5 Å². The van der Waals surface area contributed by atoms with Crippen LogP contribution in [0.4, 0.5) is 4.39 Å². The molecule has 0 aliphatic carbocycles. The highest BCUT2D eigenvalue weighted by atomic mass is 19.1. The van der Waals surface area contributed by atoms with Gasteiger partial charge in [-0.2, -0.15) is 0 Å². The van der Waals surface area contributed by atoms with Gasteiger partial charge in [0.05, 0.1) is 17.3 Å². The zero-order valence-electron chi connectivity index (χ0n) is 9.88. The highest BCUT2D eigenvalue weighted by Crippen LogP contribution is 2.20. The van der Waals surface area contributed by atoms with Gasteiger partial charge in [-0.1, -0.05) is 18.2 Å². The van der Waals surface area contributed by atoms with Gasteiger partial charge in [-0.3, -0.25) is 14.8 Å². The summed E-state index contributed by atoms with van der Waals surface area (Å²) in [6, 6.07) is 10.2. The summed E-state index contributed by atoms with van der Waals surface area (Å²) < 4.78 is 13.6. The van der Waals surface area contributed by atoms with Gasteiger partial charge < -0.3 is 0 Å². The minimum absolute atomic E-state index is 0.0198. The second-order valence-corrected chi connectivity index (χ2v) is 4.06. The van der Waals surface area contributed by atoms with Crippen LogP contribution in [0.25, 0.3) is 10.9 Å². The molecule has 92 valence electrons. The summed E-state index contributed by atoms with van der Waals surface area (Å²) in [6.45, 7) is 0. The van der Waals surface area contributed by atoms with Gasteiger partial charge in [-0.15, -0.1) is 0 Å². The van der Waals surface area contributed by atoms with Crippen molar-refractivity contribution in [3.63, 3.8) is 0 Å². The Morgan fingerprint density at radius 2 is 1.89 bits per heavy atom. The molecule has 0 amide bonds. The predicted molar refractivity (Wildman–Crippen MR) is 69.4 cm³/mol. The van der Waals surface area contributed by atoms with Crippen molar-refractivity contribution in [2.75, 3.05) is 0 Å². The van der Waals surface area contributed by atoms with E-state index in [1.807, 2.05) is 6.07 Å². The average molecular weight is 252 g/mol. The van der Waals surface area contributed by atoms with E-state index in [0.717, 1.165) is 6.20 Å². The number of pyridine rings is 2. The second kappa shape index (κ2) is 4.57.